The smallest absolute Gasteiger partial charge is 0.167 e. The van der Waals surface area contributed by atoms with Crippen molar-refractivity contribution in [2.75, 3.05) is 12.8 Å². The Bertz CT molecular complexity index is 481. The average Bonchev–Trinajstić information content (AvgIpc) is 2.15. The fourth-order valence-corrected chi connectivity index (χ4v) is 2.99. The second kappa shape index (κ2) is 3.50. The zero-order valence-corrected chi connectivity index (χ0v) is 9.21. The molecule has 0 aromatic heterocycles. The normalized spacial score (nSPS) is 21.0. The van der Waals surface area contributed by atoms with Crippen molar-refractivity contribution < 1.29 is 13.5 Å². The molecule has 1 heterocycles. The van der Waals surface area contributed by atoms with Gasteiger partial charge in [-0.05, 0) is 29.7 Å². The van der Waals surface area contributed by atoms with E-state index in [2.05, 4.69) is 5.32 Å². The topological polar surface area (TPSA) is 66.4 Å². The van der Waals surface area contributed by atoms with Gasteiger partial charge in [-0.15, -0.1) is 0 Å². The first kappa shape index (κ1) is 10.4. The lowest BCUT2D eigenvalue weighted by molar-refractivity contribution is 0.471. The molecule has 1 aliphatic heterocycles. The van der Waals surface area contributed by atoms with Crippen molar-refractivity contribution in [3.8, 4) is 5.75 Å². The molecule has 2 N–H and O–H groups in total. The number of rotatable bonds is 1. The Hall–Kier alpha value is -1.07. The molecule has 1 aliphatic rings. The molecule has 2 rings (SSSR count). The van der Waals surface area contributed by atoms with E-state index in [0.29, 0.717) is 12.1 Å². The molecule has 0 saturated heterocycles. The number of phenolic OH excluding ortho intramolecular Hbond substituents is 1. The molecule has 1 aromatic rings. The molecule has 1 aromatic carbocycles. The third-order valence-corrected chi connectivity index (χ3v) is 3.84. The van der Waals surface area contributed by atoms with Gasteiger partial charge in [0.15, 0.2) is 9.84 Å². The third-order valence-electron chi connectivity index (χ3n) is 2.56. The molecule has 82 valence electrons. The van der Waals surface area contributed by atoms with Crippen LogP contribution in [0.15, 0.2) is 18.2 Å². The lowest BCUT2D eigenvalue weighted by Crippen LogP contribution is -2.34. The molecule has 0 radical (unpaired) electrons. The highest BCUT2D eigenvalue weighted by Crippen LogP contribution is 2.29. The highest BCUT2D eigenvalue weighted by molar-refractivity contribution is 7.90. The van der Waals surface area contributed by atoms with Crippen LogP contribution in [0, 0.1) is 0 Å². The van der Waals surface area contributed by atoms with E-state index in [1.54, 1.807) is 12.1 Å². The van der Waals surface area contributed by atoms with Crippen molar-refractivity contribution in [1.29, 1.82) is 0 Å². The van der Waals surface area contributed by atoms with E-state index in [-0.39, 0.29) is 5.75 Å². The van der Waals surface area contributed by atoms with Gasteiger partial charge in [0.05, 0.1) is 0 Å². The minimum Gasteiger partial charge on any atom is -0.508 e. The molecule has 1 unspecified atom stereocenters. The number of fused-ring (bicyclic) bond motifs is 1. The van der Waals surface area contributed by atoms with E-state index in [0.717, 1.165) is 12.0 Å². The van der Waals surface area contributed by atoms with Gasteiger partial charge in [0, 0.05) is 12.8 Å². The lowest BCUT2D eigenvalue weighted by Gasteiger charge is -2.25. The van der Waals surface area contributed by atoms with E-state index >= 15 is 0 Å². The van der Waals surface area contributed by atoms with Crippen LogP contribution in [0.5, 0.6) is 5.75 Å². The molecule has 4 nitrogen and oxygen atoms in total. The monoisotopic (exact) mass is 227 g/mol. The van der Waals surface area contributed by atoms with Crippen LogP contribution in [0.2, 0.25) is 0 Å². The van der Waals surface area contributed by atoms with Crippen molar-refractivity contribution >= 4 is 9.84 Å². The standard InChI is InChI=1S/C10H13NO3S/c1-15(13,14)10-9-6-8(12)3-2-7(9)4-5-11-10/h2-3,6,10-12H,4-5H2,1H3. The second-order valence-electron chi connectivity index (χ2n) is 3.80. The Balaban J connectivity index is 2.55. The number of nitrogens with one attached hydrogen (secondary N) is 1. The molecule has 0 aliphatic carbocycles. The molecule has 15 heavy (non-hydrogen) atoms. The molecule has 0 spiro atoms. The van der Waals surface area contributed by atoms with Crippen LogP contribution in [-0.2, 0) is 16.3 Å². The Morgan fingerprint density at radius 2 is 2.20 bits per heavy atom. The molecule has 1 atom stereocenters. The minimum absolute atomic E-state index is 0.103. The first-order valence-electron chi connectivity index (χ1n) is 4.72. The fraction of sp³-hybridized carbons (Fsp3) is 0.400. The third kappa shape index (κ3) is 1.98. The van der Waals surface area contributed by atoms with Gasteiger partial charge in [-0.2, -0.15) is 0 Å². The van der Waals surface area contributed by atoms with Crippen molar-refractivity contribution in [1.82, 2.24) is 5.32 Å². The number of benzene rings is 1. The molecule has 0 bridgehead atoms. The van der Waals surface area contributed by atoms with Crippen LogP contribution in [0.3, 0.4) is 0 Å². The highest BCUT2D eigenvalue weighted by Gasteiger charge is 2.27. The molecule has 5 heteroatoms. The fourth-order valence-electron chi connectivity index (χ4n) is 1.88. The maximum atomic E-state index is 11.5. The first-order chi connectivity index (χ1) is 6.98. The summed E-state index contributed by atoms with van der Waals surface area (Å²) in [5, 5.41) is 11.6. The van der Waals surface area contributed by atoms with Gasteiger partial charge in [-0.3, -0.25) is 5.32 Å². The Morgan fingerprint density at radius 3 is 2.87 bits per heavy atom. The number of aromatic hydroxyl groups is 1. The van der Waals surface area contributed by atoms with E-state index < -0.39 is 15.2 Å². The molecular weight excluding hydrogens is 214 g/mol. The SMILES string of the molecule is CS(=O)(=O)C1NCCc2ccc(O)cc21. The quantitative estimate of drug-likeness (QED) is 0.736. The van der Waals surface area contributed by atoms with Gasteiger partial charge in [0.2, 0.25) is 0 Å². The van der Waals surface area contributed by atoms with Crippen molar-refractivity contribution in [3.05, 3.63) is 29.3 Å². The Kier molecular flexibility index (Phi) is 2.44. The molecule has 0 amide bonds. The van der Waals surface area contributed by atoms with Crippen molar-refractivity contribution in [2.24, 2.45) is 0 Å². The number of phenols is 1. The van der Waals surface area contributed by atoms with Crippen LogP contribution in [-0.4, -0.2) is 26.3 Å². The van der Waals surface area contributed by atoms with E-state index in [4.69, 9.17) is 0 Å². The van der Waals surface area contributed by atoms with E-state index in [9.17, 15) is 13.5 Å². The van der Waals surface area contributed by atoms with E-state index in [1.807, 2.05) is 0 Å². The Morgan fingerprint density at radius 1 is 1.47 bits per heavy atom. The van der Waals surface area contributed by atoms with Gasteiger partial charge in [0.25, 0.3) is 0 Å². The predicted octanol–water partition coefficient (Wildman–Crippen LogP) is 0.581. The van der Waals surface area contributed by atoms with Crippen LogP contribution in [0.4, 0.5) is 0 Å². The van der Waals surface area contributed by atoms with Crippen LogP contribution in [0.25, 0.3) is 0 Å². The largest absolute Gasteiger partial charge is 0.508 e. The summed E-state index contributed by atoms with van der Waals surface area (Å²) in [6.07, 6.45) is 1.99. The van der Waals surface area contributed by atoms with E-state index in [1.165, 1.54) is 12.3 Å². The zero-order valence-electron chi connectivity index (χ0n) is 8.40. The summed E-state index contributed by atoms with van der Waals surface area (Å²) < 4.78 is 23.0. The summed E-state index contributed by atoms with van der Waals surface area (Å²) in [7, 11) is -3.18. The summed E-state index contributed by atoms with van der Waals surface area (Å²) >= 11 is 0. The second-order valence-corrected chi connectivity index (χ2v) is 5.93. The molecule has 0 saturated carbocycles. The first-order valence-corrected chi connectivity index (χ1v) is 6.68. The summed E-state index contributed by atoms with van der Waals surface area (Å²) in [4.78, 5) is 0. The van der Waals surface area contributed by atoms with Gasteiger partial charge in [0.1, 0.15) is 11.1 Å². The van der Waals surface area contributed by atoms with Crippen LogP contribution in [0.1, 0.15) is 16.5 Å². The average molecular weight is 227 g/mol. The molecular formula is C10H13NO3S. The maximum absolute atomic E-state index is 11.5. The molecule has 0 fully saturated rings. The van der Waals surface area contributed by atoms with Gasteiger partial charge >= 0.3 is 0 Å². The lowest BCUT2D eigenvalue weighted by atomic mass is 10.0. The zero-order chi connectivity index (χ0) is 11.1. The predicted molar refractivity (Wildman–Crippen MR) is 57.4 cm³/mol. The minimum atomic E-state index is -3.18. The van der Waals surface area contributed by atoms with Gasteiger partial charge in [-0.1, -0.05) is 6.07 Å². The van der Waals surface area contributed by atoms with Crippen LogP contribution < -0.4 is 5.32 Å². The van der Waals surface area contributed by atoms with Crippen LogP contribution >= 0.6 is 0 Å². The van der Waals surface area contributed by atoms with Gasteiger partial charge < -0.3 is 5.11 Å². The van der Waals surface area contributed by atoms with Gasteiger partial charge in [-0.25, -0.2) is 8.42 Å². The summed E-state index contributed by atoms with van der Waals surface area (Å²) in [6, 6.07) is 4.89. The summed E-state index contributed by atoms with van der Waals surface area (Å²) in [5.74, 6) is 0.103. The number of hydrogen-bond donors (Lipinski definition) is 2. The van der Waals surface area contributed by atoms with Crippen molar-refractivity contribution in [3.63, 3.8) is 0 Å². The summed E-state index contributed by atoms with van der Waals surface area (Å²) in [5.41, 5.74) is 1.66. The number of sulfone groups is 1. The summed E-state index contributed by atoms with van der Waals surface area (Å²) in [6.45, 7) is 0.648. The maximum Gasteiger partial charge on any atom is 0.167 e. The van der Waals surface area contributed by atoms with Crippen molar-refractivity contribution in [2.45, 2.75) is 11.8 Å². The number of hydrogen-bond acceptors (Lipinski definition) is 4. The highest BCUT2D eigenvalue weighted by atomic mass is 32.2. The Labute approximate surface area is 88.9 Å².